The second kappa shape index (κ2) is 3.43. The molecule has 3 N–H and O–H groups in total. The quantitative estimate of drug-likeness (QED) is 0.300. The van der Waals surface area contributed by atoms with Crippen LogP contribution in [0.5, 0.6) is 0 Å². The summed E-state index contributed by atoms with van der Waals surface area (Å²) in [6.45, 7) is 5.34. The van der Waals surface area contributed by atoms with Crippen molar-refractivity contribution in [2.75, 3.05) is 0 Å². The molecule has 0 aromatic heterocycles. The van der Waals surface area contributed by atoms with Crippen LogP contribution in [-0.2, 0) is 0 Å². The highest BCUT2D eigenvalue weighted by atomic mass is 15.2. The van der Waals surface area contributed by atoms with Crippen molar-refractivity contribution in [1.82, 2.24) is 5.43 Å². The summed E-state index contributed by atoms with van der Waals surface area (Å²) in [5, 5.41) is 0. The molecule has 0 saturated carbocycles. The largest absolute Gasteiger partial charge is 0.329 e. The van der Waals surface area contributed by atoms with E-state index in [1.54, 1.807) is 12.2 Å². The SMILES string of the molecule is C=C/C=C(\C)NN. The van der Waals surface area contributed by atoms with Crippen LogP contribution in [0, 0.1) is 0 Å². The molecule has 0 atom stereocenters. The highest BCUT2D eigenvalue weighted by Crippen LogP contribution is 1.79. The molecule has 0 aliphatic heterocycles. The van der Waals surface area contributed by atoms with E-state index in [0.717, 1.165) is 5.70 Å². The Bertz CT molecular complexity index is 84.1. The Morgan fingerprint density at radius 3 is 2.57 bits per heavy atom. The maximum Gasteiger partial charge on any atom is 0.0228 e. The van der Waals surface area contributed by atoms with Gasteiger partial charge in [-0.25, -0.2) is 0 Å². The summed E-state index contributed by atoms with van der Waals surface area (Å²) >= 11 is 0. The highest BCUT2D eigenvalue weighted by molar-refractivity contribution is 5.04. The van der Waals surface area contributed by atoms with E-state index in [0.29, 0.717) is 0 Å². The van der Waals surface area contributed by atoms with Gasteiger partial charge in [0.1, 0.15) is 0 Å². The number of hydrazine groups is 1. The molecule has 40 valence electrons. The molecule has 2 nitrogen and oxygen atoms in total. The number of nitrogens with one attached hydrogen (secondary N) is 1. The molecule has 0 rings (SSSR count). The number of allylic oxidation sites excluding steroid dienone is 3. The van der Waals surface area contributed by atoms with E-state index in [2.05, 4.69) is 12.0 Å². The summed E-state index contributed by atoms with van der Waals surface area (Å²) < 4.78 is 0. The number of nitrogens with two attached hydrogens (primary N) is 1. The van der Waals surface area contributed by atoms with Gasteiger partial charge in [0, 0.05) is 5.70 Å². The van der Waals surface area contributed by atoms with Crippen molar-refractivity contribution in [2.24, 2.45) is 5.84 Å². The lowest BCUT2D eigenvalue weighted by molar-refractivity contribution is 0.886. The highest BCUT2D eigenvalue weighted by Gasteiger charge is 1.71. The van der Waals surface area contributed by atoms with Crippen molar-refractivity contribution in [3.05, 3.63) is 24.4 Å². The molecule has 0 aromatic carbocycles. The van der Waals surface area contributed by atoms with E-state index in [1.807, 2.05) is 6.92 Å². The van der Waals surface area contributed by atoms with Crippen molar-refractivity contribution in [3.8, 4) is 0 Å². The molecule has 0 saturated heterocycles. The first kappa shape index (κ1) is 6.24. The molecule has 0 amide bonds. The van der Waals surface area contributed by atoms with Crippen LogP contribution >= 0.6 is 0 Å². The molecule has 0 heterocycles. The van der Waals surface area contributed by atoms with Crippen LogP contribution < -0.4 is 11.3 Å². The standard InChI is InChI=1S/C5H10N2/c1-3-4-5(2)7-6/h3-4,7H,1,6H2,2H3/b5-4+. The molecular weight excluding hydrogens is 88.1 g/mol. The van der Waals surface area contributed by atoms with E-state index in [1.165, 1.54) is 0 Å². The van der Waals surface area contributed by atoms with E-state index in [-0.39, 0.29) is 0 Å². The Balaban J connectivity index is 3.49. The minimum atomic E-state index is 0.912. The Morgan fingerprint density at radius 1 is 1.86 bits per heavy atom. The topological polar surface area (TPSA) is 38.0 Å². The Morgan fingerprint density at radius 2 is 2.43 bits per heavy atom. The lowest BCUT2D eigenvalue weighted by Gasteiger charge is -1.92. The molecule has 0 aliphatic carbocycles. The van der Waals surface area contributed by atoms with Gasteiger partial charge < -0.3 is 5.43 Å². The van der Waals surface area contributed by atoms with Crippen LogP contribution in [0.2, 0.25) is 0 Å². The molecule has 0 radical (unpaired) electrons. The van der Waals surface area contributed by atoms with E-state index < -0.39 is 0 Å². The molecule has 0 unspecified atom stereocenters. The lowest BCUT2D eigenvalue weighted by Crippen LogP contribution is -2.18. The summed E-state index contributed by atoms with van der Waals surface area (Å²) in [5.74, 6) is 4.99. The van der Waals surface area contributed by atoms with Gasteiger partial charge in [0.2, 0.25) is 0 Å². The summed E-state index contributed by atoms with van der Waals surface area (Å²) in [5.41, 5.74) is 3.37. The van der Waals surface area contributed by atoms with Crippen LogP contribution in [0.1, 0.15) is 6.92 Å². The van der Waals surface area contributed by atoms with Gasteiger partial charge in [0.25, 0.3) is 0 Å². The van der Waals surface area contributed by atoms with Crippen molar-refractivity contribution in [1.29, 1.82) is 0 Å². The summed E-state index contributed by atoms with van der Waals surface area (Å²) in [7, 11) is 0. The predicted octanol–water partition coefficient (Wildman–Crippen LogP) is 0.540. The van der Waals surface area contributed by atoms with Crippen LogP contribution in [-0.4, -0.2) is 0 Å². The smallest absolute Gasteiger partial charge is 0.0228 e. The van der Waals surface area contributed by atoms with Crippen LogP contribution in [0.15, 0.2) is 24.4 Å². The fourth-order valence-electron chi connectivity index (χ4n) is 0.225. The van der Waals surface area contributed by atoms with E-state index in [4.69, 9.17) is 5.84 Å². The molecule has 7 heavy (non-hydrogen) atoms. The lowest BCUT2D eigenvalue weighted by atomic mass is 10.4. The molecule has 0 spiro atoms. The minimum Gasteiger partial charge on any atom is -0.329 e. The van der Waals surface area contributed by atoms with Crippen molar-refractivity contribution >= 4 is 0 Å². The van der Waals surface area contributed by atoms with E-state index in [9.17, 15) is 0 Å². The van der Waals surface area contributed by atoms with Gasteiger partial charge >= 0.3 is 0 Å². The first-order chi connectivity index (χ1) is 3.31. The third kappa shape index (κ3) is 3.06. The summed E-state index contributed by atoms with van der Waals surface area (Å²) in [6, 6.07) is 0. The molecule has 2 heteroatoms. The van der Waals surface area contributed by atoms with Gasteiger partial charge in [0.15, 0.2) is 0 Å². The maximum absolute atomic E-state index is 4.99. The molecule has 0 aliphatic rings. The zero-order valence-electron chi connectivity index (χ0n) is 4.44. The molecule has 0 aromatic rings. The van der Waals surface area contributed by atoms with Gasteiger partial charge in [-0.2, -0.15) is 0 Å². The number of rotatable bonds is 2. The van der Waals surface area contributed by atoms with Crippen molar-refractivity contribution in [2.45, 2.75) is 6.92 Å². The monoisotopic (exact) mass is 98.1 g/mol. The molecular formula is C5H10N2. The fourth-order valence-corrected chi connectivity index (χ4v) is 0.225. The van der Waals surface area contributed by atoms with Gasteiger partial charge in [-0.3, -0.25) is 5.84 Å². The zero-order chi connectivity index (χ0) is 5.70. The van der Waals surface area contributed by atoms with Gasteiger partial charge in [-0.15, -0.1) is 0 Å². The Labute approximate surface area is 43.7 Å². The van der Waals surface area contributed by atoms with Crippen LogP contribution in [0.3, 0.4) is 0 Å². The van der Waals surface area contributed by atoms with Crippen LogP contribution in [0.25, 0.3) is 0 Å². The Hall–Kier alpha value is -0.760. The van der Waals surface area contributed by atoms with Crippen LogP contribution in [0.4, 0.5) is 0 Å². The van der Waals surface area contributed by atoms with Crippen molar-refractivity contribution < 1.29 is 0 Å². The predicted molar refractivity (Wildman–Crippen MR) is 31.3 cm³/mol. The number of hydrogen-bond donors (Lipinski definition) is 2. The second-order valence-corrected chi connectivity index (χ2v) is 1.23. The van der Waals surface area contributed by atoms with Gasteiger partial charge in [0.05, 0.1) is 0 Å². The maximum atomic E-state index is 4.99. The van der Waals surface area contributed by atoms with Gasteiger partial charge in [-0.1, -0.05) is 12.7 Å². The third-order valence-electron chi connectivity index (χ3n) is 0.596. The normalized spacial score (nSPS) is 10.9. The average Bonchev–Trinajstić information content (AvgIpc) is 1.68. The Kier molecular flexibility index (Phi) is 3.06. The minimum absolute atomic E-state index is 0.912. The first-order valence-corrected chi connectivity index (χ1v) is 2.07. The second-order valence-electron chi connectivity index (χ2n) is 1.23. The molecule has 0 bridgehead atoms. The third-order valence-corrected chi connectivity index (χ3v) is 0.596. The first-order valence-electron chi connectivity index (χ1n) is 2.07. The fraction of sp³-hybridized carbons (Fsp3) is 0.200. The summed E-state index contributed by atoms with van der Waals surface area (Å²) in [4.78, 5) is 0. The van der Waals surface area contributed by atoms with E-state index >= 15 is 0 Å². The zero-order valence-corrected chi connectivity index (χ0v) is 4.44. The molecule has 0 fully saturated rings. The van der Waals surface area contributed by atoms with Gasteiger partial charge in [-0.05, 0) is 13.0 Å². The number of hydrogen-bond acceptors (Lipinski definition) is 2. The summed E-state index contributed by atoms with van der Waals surface area (Å²) in [6.07, 6.45) is 3.47. The average molecular weight is 98.1 g/mol. The van der Waals surface area contributed by atoms with Crippen molar-refractivity contribution in [3.63, 3.8) is 0 Å².